The highest BCUT2D eigenvalue weighted by Crippen LogP contribution is 2.36. The van der Waals surface area contributed by atoms with Gasteiger partial charge in [0.05, 0.1) is 16.9 Å². The maximum atomic E-state index is 12.8. The molecule has 0 aromatic carbocycles. The van der Waals surface area contributed by atoms with Crippen LogP contribution in [0.25, 0.3) is 10.2 Å². The molecule has 1 aliphatic rings. The van der Waals surface area contributed by atoms with Crippen LogP contribution in [0.2, 0.25) is 0 Å². The molecule has 1 atom stereocenters. The fourth-order valence-corrected chi connectivity index (χ4v) is 3.98. The lowest BCUT2D eigenvalue weighted by atomic mass is 10.2. The van der Waals surface area contributed by atoms with Crippen molar-refractivity contribution in [3.63, 3.8) is 0 Å². The van der Waals surface area contributed by atoms with Gasteiger partial charge in [-0.05, 0) is 32.3 Å². The zero-order chi connectivity index (χ0) is 16.6. The number of nitrogens with zero attached hydrogens (tertiary/aromatic N) is 3. The summed E-state index contributed by atoms with van der Waals surface area (Å²) in [7, 11) is 0. The van der Waals surface area contributed by atoms with Gasteiger partial charge < -0.3 is 14.7 Å². The van der Waals surface area contributed by atoms with E-state index in [1.807, 2.05) is 13.8 Å². The Morgan fingerprint density at radius 1 is 1.48 bits per heavy atom. The number of carbonyl (C=O) groups excluding carboxylic acids is 1. The Bertz CT molecular complexity index is 773. The number of hydrogen-bond donors (Lipinski definition) is 1. The number of aliphatic carboxylic acids is 1. The van der Waals surface area contributed by atoms with Crippen molar-refractivity contribution in [3.05, 3.63) is 16.8 Å². The number of fused-ring (bicyclic) bond motifs is 1. The van der Waals surface area contributed by atoms with Crippen LogP contribution in [-0.2, 0) is 4.79 Å². The predicted octanol–water partition coefficient (Wildman–Crippen LogP) is 2.09. The Morgan fingerprint density at radius 3 is 2.96 bits per heavy atom. The Hall–Kier alpha value is -2.22. The highest BCUT2D eigenvalue weighted by molar-refractivity contribution is 7.20. The van der Waals surface area contributed by atoms with E-state index in [4.69, 9.17) is 4.74 Å². The summed E-state index contributed by atoms with van der Waals surface area (Å²) in [6.45, 7) is 4.62. The number of amides is 1. The van der Waals surface area contributed by atoms with Crippen molar-refractivity contribution < 1.29 is 19.4 Å². The summed E-state index contributed by atoms with van der Waals surface area (Å²) in [5.74, 6) is -0.747. The number of aryl methyl sites for hydroxylation is 1. The molecule has 0 aliphatic carbocycles. The van der Waals surface area contributed by atoms with Crippen LogP contribution in [0.15, 0.2) is 6.33 Å². The summed E-state index contributed by atoms with van der Waals surface area (Å²) in [5.41, 5.74) is 0.745. The van der Waals surface area contributed by atoms with Crippen LogP contribution in [0, 0.1) is 6.92 Å². The van der Waals surface area contributed by atoms with Crippen molar-refractivity contribution >= 4 is 33.4 Å². The van der Waals surface area contributed by atoms with E-state index in [0.717, 1.165) is 10.9 Å². The number of carboxylic acids is 1. The van der Waals surface area contributed by atoms with Crippen molar-refractivity contribution in [1.29, 1.82) is 0 Å². The smallest absolute Gasteiger partial charge is 0.326 e. The molecule has 23 heavy (non-hydrogen) atoms. The second kappa shape index (κ2) is 6.11. The molecule has 1 unspecified atom stereocenters. The number of carbonyl (C=O) groups is 2. The third-order valence-electron chi connectivity index (χ3n) is 3.97. The SMILES string of the molecule is CCOc1ncnc2sc(C(=O)N3CCCC3C(=O)O)c(C)c12. The maximum Gasteiger partial charge on any atom is 0.326 e. The summed E-state index contributed by atoms with van der Waals surface area (Å²) < 4.78 is 5.51. The fourth-order valence-electron chi connectivity index (χ4n) is 2.89. The average molecular weight is 335 g/mol. The molecule has 0 radical (unpaired) electrons. The Labute approximate surface area is 136 Å². The van der Waals surface area contributed by atoms with E-state index in [0.29, 0.717) is 41.6 Å². The molecule has 2 aromatic heterocycles. The first-order valence-electron chi connectivity index (χ1n) is 7.45. The summed E-state index contributed by atoms with van der Waals surface area (Å²) in [5, 5.41) is 10.0. The quantitative estimate of drug-likeness (QED) is 0.919. The number of aromatic nitrogens is 2. The zero-order valence-electron chi connectivity index (χ0n) is 12.9. The van der Waals surface area contributed by atoms with E-state index >= 15 is 0 Å². The third-order valence-corrected chi connectivity index (χ3v) is 5.15. The molecule has 3 rings (SSSR count). The Kier molecular flexibility index (Phi) is 4.16. The van der Waals surface area contributed by atoms with Crippen molar-refractivity contribution in [1.82, 2.24) is 14.9 Å². The number of hydrogen-bond acceptors (Lipinski definition) is 6. The second-order valence-electron chi connectivity index (χ2n) is 5.34. The van der Waals surface area contributed by atoms with Gasteiger partial charge >= 0.3 is 5.97 Å². The van der Waals surface area contributed by atoms with Gasteiger partial charge in [0.1, 0.15) is 17.2 Å². The number of rotatable bonds is 4. The van der Waals surface area contributed by atoms with Crippen LogP contribution in [0.3, 0.4) is 0 Å². The minimum atomic E-state index is -0.954. The van der Waals surface area contributed by atoms with Gasteiger partial charge in [-0.25, -0.2) is 14.8 Å². The van der Waals surface area contributed by atoms with Crippen LogP contribution >= 0.6 is 11.3 Å². The number of likely N-dealkylation sites (tertiary alicyclic amines) is 1. The van der Waals surface area contributed by atoms with Crippen LogP contribution in [0.1, 0.15) is 35.0 Å². The number of carboxylic acid groups (broad SMARTS) is 1. The van der Waals surface area contributed by atoms with Crippen molar-refractivity contribution in [3.8, 4) is 5.88 Å². The fraction of sp³-hybridized carbons (Fsp3) is 0.467. The minimum absolute atomic E-state index is 0.252. The summed E-state index contributed by atoms with van der Waals surface area (Å²) in [6.07, 6.45) is 2.61. The monoisotopic (exact) mass is 335 g/mol. The van der Waals surface area contributed by atoms with E-state index in [2.05, 4.69) is 9.97 Å². The summed E-state index contributed by atoms with van der Waals surface area (Å²) in [6, 6.07) is -0.746. The topological polar surface area (TPSA) is 92.6 Å². The van der Waals surface area contributed by atoms with Gasteiger partial charge in [-0.2, -0.15) is 0 Å². The van der Waals surface area contributed by atoms with Crippen molar-refractivity contribution in [2.75, 3.05) is 13.2 Å². The van der Waals surface area contributed by atoms with Gasteiger partial charge in [0.25, 0.3) is 5.91 Å². The Morgan fingerprint density at radius 2 is 2.26 bits per heavy atom. The number of ether oxygens (including phenoxy) is 1. The highest BCUT2D eigenvalue weighted by Gasteiger charge is 2.36. The largest absolute Gasteiger partial charge is 0.480 e. The molecular formula is C15H17N3O4S. The van der Waals surface area contributed by atoms with Crippen LogP contribution in [0.4, 0.5) is 0 Å². The molecule has 7 nitrogen and oxygen atoms in total. The normalized spacial score (nSPS) is 17.7. The molecule has 1 saturated heterocycles. The molecule has 8 heteroatoms. The third kappa shape index (κ3) is 2.63. The molecule has 1 amide bonds. The first kappa shape index (κ1) is 15.7. The van der Waals surface area contributed by atoms with Gasteiger partial charge in [-0.15, -0.1) is 11.3 Å². The van der Waals surface area contributed by atoms with E-state index in [-0.39, 0.29) is 5.91 Å². The van der Waals surface area contributed by atoms with E-state index in [9.17, 15) is 14.7 Å². The van der Waals surface area contributed by atoms with Crippen molar-refractivity contribution in [2.45, 2.75) is 32.7 Å². The van der Waals surface area contributed by atoms with Crippen LogP contribution in [0.5, 0.6) is 5.88 Å². The number of thiophene rings is 1. The predicted molar refractivity (Wildman–Crippen MR) is 85.0 cm³/mol. The summed E-state index contributed by atoms with van der Waals surface area (Å²) in [4.78, 5) is 35.1. The van der Waals surface area contributed by atoms with E-state index in [1.54, 1.807) is 0 Å². The lowest BCUT2D eigenvalue weighted by molar-refractivity contribution is -0.141. The Balaban J connectivity index is 2.03. The minimum Gasteiger partial charge on any atom is -0.480 e. The van der Waals surface area contributed by atoms with E-state index < -0.39 is 12.0 Å². The molecule has 1 fully saturated rings. The van der Waals surface area contributed by atoms with Gasteiger partial charge in [0.2, 0.25) is 5.88 Å². The lowest BCUT2D eigenvalue weighted by Gasteiger charge is -2.20. The van der Waals surface area contributed by atoms with Gasteiger partial charge in [-0.3, -0.25) is 4.79 Å². The van der Waals surface area contributed by atoms with Crippen LogP contribution < -0.4 is 4.74 Å². The summed E-state index contributed by atoms with van der Waals surface area (Å²) >= 11 is 1.26. The molecule has 0 bridgehead atoms. The first-order valence-corrected chi connectivity index (χ1v) is 8.27. The second-order valence-corrected chi connectivity index (χ2v) is 6.34. The van der Waals surface area contributed by atoms with Gasteiger partial charge in [0, 0.05) is 6.54 Å². The standard InChI is InChI=1S/C15H17N3O4S/c1-3-22-12-10-8(2)11(23-13(10)17-7-16-12)14(19)18-6-4-5-9(18)15(20)21/h7,9H,3-6H2,1-2H3,(H,20,21). The molecular weight excluding hydrogens is 318 g/mol. The average Bonchev–Trinajstić information content (AvgIpc) is 3.13. The van der Waals surface area contributed by atoms with E-state index in [1.165, 1.54) is 22.6 Å². The first-order chi connectivity index (χ1) is 11.0. The molecule has 0 spiro atoms. The van der Waals surface area contributed by atoms with Gasteiger partial charge in [-0.1, -0.05) is 0 Å². The van der Waals surface area contributed by atoms with Crippen molar-refractivity contribution in [2.24, 2.45) is 0 Å². The zero-order valence-corrected chi connectivity index (χ0v) is 13.7. The molecule has 1 aliphatic heterocycles. The molecule has 3 heterocycles. The molecule has 122 valence electrons. The lowest BCUT2D eigenvalue weighted by Crippen LogP contribution is -2.40. The van der Waals surface area contributed by atoms with Gasteiger partial charge in [0.15, 0.2) is 0 Å². The molecule has 1 N–H and O–H groups in total. The highest BCUT2D eigenvalue weighted by atomic mass is 32.1. The maximum absolute atomic E-state index is 12.8. The molecule has 2 aromatic rings. The van der Waals surface area contributed by atoms with Crippen LogP contribution in [-0.4, -0.2) is 51.0 Å². The molecule has 0 saturated carbocycles.